The van der Waals surface area contributed by atoms with Crippen molar-refractivity contribution in [3.63, 3.8) is 0 Å². The minimum atomic E-state index is -0.678. The molecule has 6 nitrogen and oxygen atoms in total. The molecule has 0 atom stereocenters. The number of likely N-dealkylation sites (N-methyl/N-ethyl adjacent to an activating group) is 1. The van der Waals surface area contributed by atoms with Crippen molar-refractivity contribution in [1.29, 1.82) is 0 Å². The van der Waals surface area contributed by atoms with E-state index in [-0.39, 0.29) is 18.0 Å². The van der Waals surface area contributed by atoms with Crippen LogP contribution in [0.1, 0.15) is 36.5 Å². The monoisotopic (exact) mass is 472 g/mol. The average molecular weight is 473 g/mol. The van der Waals surface area contributed by atoms with E-state index in [0.717, 1.165) is 32.5 Å². The average Bonchev–Trinajstić information content (AvgIpc) is 3.37. The second kappa shape index (κ2) is 9.50. The van der Waals surface area contributed by atoms with E-state index in [0.29, 0.717) is 19.4 Å². The summed E-state index contributed by atoms with van der Waals surface area (Å²) >= 11 is 0. The van der Waals surface area contributed by atoms with Crippen LogP contribution in [0.15, 0.2) is 54.6 Å². The smallest absolute Gasteiger partial charge is 0.327 e. The molecule has 5 rings (SSSR count). The predicted octanol–water partition coefficient (Wildman–Crippen LogP) is 4.05. The number of rotatable bonds is 6. The van der Waals surface area contributed by atoms with Gasteiger partial charge in [0, 0.05) is 52.0 Å². The highest BCUT2D eigenvalue weighted by molar-refractivity contribution is 6.07. The Labute approximate surface area is 208 Å². The largest absolute Gasteiger partial charge is 0.378 e. The summed E-state index contributed by atoms with van der Waals surface area (Å²) in [6, 6.07) is 16.7. The summed E-state index contributed by atoms with van der Waals surface area (Å²) in [5, 5.41) is 0. The van der Waals surface area contributed by atoms with Crippen LogP contribution in [-0.2, 0) is 17.6 Å². The Balaban J connectivity index is 1.22. The Morgan fingerprint density at radius 3 is 2.17 bits per heavy atom. The molecule has 1 spiro atoms. The molecule has 3 amide bonds. The van der Waals surface area contributed by atoms with E-state index in [1.165, 1.54) is 22.4 Å². The molecule has 35 heavy (non-hydrogen) atoms. The molecule has 2 heterocycles. The van der Waals surface area contributed by atoms with Crippen molar-refractivity contribution >= 4 is 23.7 Å². The van der Waals surface area contributed by atoms with Crippen LogP contribution >= 0.6 is 0 Å². The number of anilines is 1. The number of hydrogen-bond donors (Lipinski definition) is 0. The number of carbonyl (C=O) groups excluding carboxylic acids is 2. The maximum Gasteiger partial charge on any atom is 0.327 e. The minimum Gasteiger partial charge on any atom is -0.378 e. The van der Waals surface area contributed by atoms with E-state index in [4.69, 9.17) is 0 Å². The fourth-order valence-corrected chi connectivity index (χ4v) is 6.03. The topological polar surface area (TPSA) is 47.1 Å². The molecule has 0 bridgehead atoms. The zero-order valence-electron chi connectivity index (χ0n) is 21.1. The molecule has 0 radical (unpaired) electrons. The lowest BCUT2D eigenvalue weighted by Gasteiger charge is -2.41. The zero-order valence-corrected chi connectivity index (χ0v) is 21.1. The molecule has 2 aromatic carbocycles. The molecule has 0 aromatic heterocycles. The lowest BCUT2D eigenvalue weighted by Crippen LogP contribution is -2.56. The van der Waals surface area contributed by atoms with Gasteiger partial charge >= 0.3 is 6.03 Å². The van der Waals surface area contributed by atoms with Crippen molar-refractivity contribution < 1.29 is 9.59 Å². The summed E-state index contributed by atoms with van der Waals surface area (Å²) < 4.78 is 0. The van der Waals surface area contributed by atoms with Crippen LogP contribution in [0.4, 0.5) is 10.5 Å². The molecule has 3 aliphatic rings. The number of carbonyl (C=O) groups is 2. The first-order chi connectivity index (χ1) is 16.9. The van der Waals surface area contributed by atoms with Crippen molar-refractivity contribution in [2.45, 2.75) is 44.2 Å². The fraction of sp³-hybridized carbons (Fsp3) is 0.448. The molecule has 0 unspecified atom stereocenters. The normalized spacial score (nSPS) is 20.4. The van der Waals surface area contributed by atoms with Gasteiger partial charge in [-0.15, -0.1) is 0 Å². The van der Waals surface area contributed by atoms with Gasteiger partial charge in [0.25, 0.3) is 5.91 Å². The van der Waals surface area contributed by atoms with E-state index in [2.05, 4.69) is 58.4 Å². The number of likely N-dealkylation sites (tertiary alicyclic amines) is 1. The highest BCUT2D eigenvalue weighted by atomic mass is 16.2. The summed E-state index contributed by atoms with van der Waals surface area (Å²) in [5.41, 5.74) is 4.23. The maximum absolute atomic E-state index is 13.8. The van der Waals surface area contributed by atoms with Gasteiger partial charge in [-0.25, -0.2) is 4.79 Å². The van der Waals surface area contributed by atoms with Crippen LogP contribution in [-0.4, -0.2) is 78.5 Å². The SMILES string of the molecule is CCN1C(=O)N(C2Cc3ccccc3C2)C(=O)C12CCN(CC=Cc1ccc(N(C)C)cc1)CC2. The van der Waals surface area contributed by atoms with Gasteiger partial charge in [-0.2, -0.15) is 0 Å². The quantitative estimate of drug-likeness (QED) is 0.595. The Morgan fingerprint density at radius 1 is 0.971 bits per heavy atom. The molecule has 2 saturated heterocycles. The highest BCUT2D eigenvalue weighted by Gasteiger charge is 2.59. The highest BCUT2D eigenvalue weighted by Crippen LogP contribution is 2.40. The molecule has 0 saturated carbocycles. The standard InChI is InChI=1S/C29H36N4O2/c1-4-32-28(35)33(26-20-23-9-5-6-10-24(23)21-26)27(34)29(32)15-18-31(19-16-29)17-7-8-22-11-13-25(14-12-22)30(2)3/h5-14,26H,4,15-21H2,1-3H3. The number of benzene rings is 2. The third kappa shape index (κ3) is 4.25. The van der Waals surface area contributed by atoms with Crippen LogP contribution < -0.4 is 4.90 Å². The Morgan fingerprint density at radius 2 is 1.60 bits per heavy atom. The van der Waals surface area contributed by atoms with Gasteiger partial charge in [0.2, 0.25) is 0 Å². The lowest BCUT2D eigenvalue weighted by atomic mass is 9.85. The number of amides is 3. The first-order valence-electron chi connectivity index (χ1n) is 12.8. The van der Waals surface area contributed by atoms with E-state index in [1.807, 2.05) is 38.1 Å². The van der Waals surface area contributed by atoms with Crippen molar-refractivity contribution in [2.75, 3.05) is 45.2 Å². The second-order valence-corrected chi connectivity index (χ2v) is 10.3. The van der Waals surface area contributed by atoms with E-state index >= 15 is 0 Å². The van der Waals surface area contributed by atoms with Crippen LogP contribution in [0.2, 0.25) is 0 Å². The Kier molecular flexibility index (Phi) is 6.41. The van der Waals surface area contributed by atoms with Gasteiger partial charge in [0.15, 0.2) is 0 Å². The summed E-state index contributed by atoms with van der Waals surface area (Å²) in [7, 11) is 4.09. The van der Waals surface area contributed by atoms with Crippen LogP contribution in [0, 0.1) is 0 Å². The maximum atomic E-state index is 13.8. The third-order valence-corrected chi connectivity index (χ3v) is 8.05. The van der Waals surface area contributed by atoms with Crippen molar-refractivity contribution in [3.05, 3.63) is 71.3 Å². The van der Waals surface area contributed by atoms with Gasteiger partial charge in [0.05, 0.1) is 0 Å². The van der Waals surface area contributed by atoms with Crippen LogP contribution in [0.25, 0.3) is 6.08 Å². The molecular weight excluding hydrogens is 436 g/mol. The summed E-state index contributed by atoms with van der Waals surface area (Å²) in [6.45, 7) is 5.05. The van der Waals surface area contributed by atoms with Crippen molar-refractivity contribution in [2.24, 2.45) is 0 Å². The first-order valence-corrected chi connectivity index (χ1v) is 12.8. The summed E-state index contributed by atoms with van der Waals surface area (Å²) in [5.74, 6) is 0.0262. The molecule has 2 aromatic rings. The van der Waals surface area contributed by atoms with Crippen LogP contribution in [0.5, 0.6) is 0 Å². The molecule has 6 heteroatoms. The summed E-state index contributed by atoms with van der Waals surface area (Å²) in [6.07, 6.45) is 7.30. The number of nitrogens with zero attached hydrogens (tertiary/aromatic N) is 4. The van der Waals surface area contributed by atoms with Crippen LogP contribution in [0.3, 0.4) is 0 Å². The van der Waals surface area contributed by atoms with Gasteiger partial charge in [-0.05, 0) is 61.4 Å². The third-order valence-electron chi connectivity index (χ3n) is 8.05. The zero-order chi connectivity index (χ0) is 24.6. The molecule has 2 aliphatic heterocycles. The fourth-order valence-electron chi connectivity index (χ4n) is 6.03. The predicted molar refractivity (Wildman–Crippen MR) is 140 cm³/mol. The minimum absolute atomic E-state index is 0.0262. The van der Waals surface area contributed by atoms with Crippen molar-refractivity contribution in [3.8, 4) is 0 Å². The molecule has 1 aliphatic carbocycles. The van der Waals surface area contributed by atoms with Gasteiger partial charge in [0.1, 0.15) is 5.54 Å². The Bertz CT molecular complexity index is 1090. The van der Waals surface area contributed by atoms with Gasteiger partial charge in [-0.1, -0.05) is 48.6 Å². The number of fused-ring (bicyclic) bond motifs is 1. The van der Waals surface area contributed by atoms with E-state index in [9.17, 15) is 9.59 Å². The van der Waals surface area contributed by atoms with Gasteiger partial charge in [-0.3, -0.25) is 14.6 Å². The Hall–Kier alpha value is -3.12. The van der Waals surface area contributed by atoms with E-state index in [1.54, 1.807) is 4.90 Å². The number of piperidine rings is 1. The first kappa shape index (κ1) is 23.6. The molecule has 2 fully saturated rings. The number of urea groups is 1. The second-order valence-electron chi connectivity index (χ2n) is 10.3. The number of imide groups is 1. The number of hydrogen-bond acceptors (Lipinski definition) is 4. The van der Waals surface area contributed by atoms with Crippen molar-refractivity contribution in [1.82, 2.24) is 14.7 Å². The van der Waals surface area contributed by atoms with Gasteiger partial charge < -0.3 is 9.80 Å². The molecule has 0 N–H and O–H groups in total. The molecular formula is C29H36N4O2. The van der Waals surface area contributed by atoms with E-state index < -0.39 is 5.54 Å². The lowest BCUT2D eigenvalue weighted by molar-refractivity contribution is -0.136. The molecule has 184 valence electrons. The summed E-state index contributed by atoms with van der Waals surface area (Å²) in [4.78, 5) is 35.2.